The molecule has 0 atom stereocenters. The Hall–Kier alpha value is -1.18. The van der Waals surface area contributed by atoms with Crippen molar-refractivity contribution in [2.45, 2.75) is 0 Å². The van der Waals surface area contributed by atoms with Crippen molar-refractivity contribution >= 4 is 0 Å². The first-order valence-electron chi connectivity index (χ1n) is 3.05. The SMILES string of the molecule is COC(OC)=C1C=CC=C1. The van der Waals surface area contributed by atoms with E-state index in [9.17, 15) is 0 Å². The third-order valence-electron chi connectivity index (χ3n) is 1.27. The van der Waals surface area contributed by atoms with Crippen LogP contribution in [0, 0.1) is 0 Å². The van der Waals surface area contributed by atoms with Crippen LogP contribution in [-0.4, -0.2) is 14.2 Å². The number of methoxy groups -OCH3 is 2. The lowest BCUT2D eigenvalue weighted by Gasteiger charge is -2.04. The third kappa shape index (κ3) is 1.21. The molecule has 54 valence electrons. The predicted octanol–water partition coefficient (Wildman–Crippen LogP) is 1.62. The Kier molecular flexibility index (Phi) is 2.15. The minimum atomic E-state index is 0.560. The summed E-state index contributed by atoms with van der Waals surface area (Å²) < 4.78 is 9.88. The molecule has 0 radical (unpaired) electrons. The zero-order valence-corrected chi connectivity index (χ0v) is 6.13. The summed E-state index contributed by atoms with van der Waals surface area (Å²) in [7, 11) is 3.18. The van der Waals surface area contributed by atoms with Gasteiger partial charge in [0.1, 0.15) is 0 Å². The summed E-state index contributed by atoms with van der Waals surface area (Å²) in [6.45, 7) is 0. The summed E-state index contributed by atoms with van der Waals surface area (Å²) in [5.41, 5.74) is 0.977. The molecule has 0 N–H and O–H groups in total. The highest BCUT2D eigenvalue weighted by Gasteiger charge is 2.02. The smallest absolute Gasteiger partial charge is 0.286 e. The van der Waals surface area contributed by atoms with E-state index in [1.165, 1.54) is 0 Å². The molecule has 0 saturated carbocycles. The number of hydrogen-bond acceptors (Lipinski definition) is 2. The van der Waals surface area contributed by atoms with E-state index in [1.807, 2.05) is 24.3 Å². The highest BCUT2D eigenvalue weighted by Crippen LogP contribution is 2.13. The first kappa shape index (κ1) is 6.93. The molecule has 0 amide bonds. The van der Waals surface area contributed by atoms with Crippen molar-refractivity contribution in [3.63, 3.8) is 0 Å². The summed E-state index contributed by atoms with van der Waals surface area (Å²) in [6, 6.07) is 0. The fourth-order valence-electron chi connectivity index (χ4n) is 0.829. The minimum Gasteiger partial charge on any atom is -0.468 e. The standard InChI is InChI=1S/C8H10O2/c1-9-8(10-2)7-5-3-4-6-7/h3-6H,1-2H3. The highest BCUT2D eigenvalue weighted by atomic mass is 16.7. The van der Waals surface area contributed by atoms with Crippen molar-refractivity contribution in [1.29, 1.82) is 0 Å². The van der Waals surface area contributed by atoms with Crippen LogP contribution in [-0.2, 0) is 9.47 Å². The summed E-state index contributed by atoms with van der Waals surface area (Å²) in [6.07, 6.45) is 7.74. The number of hydrogen-bond donors (Lipinski definition) is 0. The first-order chi connectivity index (χ1) is 4.88. The Morgan fingerprint density at radius 1 is 1.10 bits per heavy atom. The lowest BCUT2D eigenvalue weighted by atomic mass is 10.3. The lowest BCUT2D eigenvalue weighted by molar-refractivity contribution is 0.0932. The van der Waals surface area contributed by atoms with Gasteiger partial charge in [-0.25, -0.2) is 0 Å². The monoisotopic (exact) mass is 138 g/mol. The van der Waals surface area contributed by atoms with Crippen molar-refractivity contribution in [3.8, 4) is 0 Å². The van der Waals surface area contributed by atoms with E-state index in [-0.39, 0.29) is 0 Å². The van der Waals surface area contributed by atoms with Crippen molar-refractivity contribution in [2.75, 3.05) is 14.2 Å². The molecule has 1 aliphatic rings. The molecule has 0 aromatic rings. The van der Waals surface area contributed by atoms with Crippen LogP contribution < -0.4 is 0 Å². The average Bonchev–Trinajstić information content (AvgIpc) is 2.43. The molecule has 0 aromatic carbocycles. The van der Waals surface area contributed by atoms with E-state index in [2.05, 4.69) is 0 Å². The second-order valence-electron chi connectivity index (χ2n) is 1.87. The van der Waals surface area contributed by atoms with Crippen LogP contribution in [0.25, 0.3) is 0 Å². The summed E-state index contributed by atoms with van der Waals surface area (Å²) in [5, 5.41) is 0. The van der Waals surface area contributed by atoms with Gasteiger partial charge in [-0.05, 0) is 12.2 Å². The molecule has 0 bridgehead atoms. The Labute approximate surface area is 60.4 Å². The maximum absolute atomic E-state index is 4.94. The molecule has 10 heavy (non-hydrogen) atoms. The van der Waals surface area contributed by atoms with Crippen molar-refractivity contribution in [1.82, 2.24) is 0 Å². The maximum atomic E-state index is 4.94. The average molecular weight is 138 g/mol. The second-order valence-corrected chi connectivity index (χ2v) is 1.87. The van der Waals surface area contributed by atoms with Gasteiger partial charge in [0.2, 0.25) is 0 Å². The van der Waals surface area contributed by atoms with E-state index >= 15 is 0 Å². The van der Waals surface area contributed by atoms with Crippen LogP contribution in [0.5, 0.6) is 0 Å². The van der Waals surface area contributed by atoms with Gasteiger partial charge in [-0.15, -0.1) is 0 Å². The molecule has 2 heteroatoms. The number of ether oxygens (including phenoxy) is 2. The molecular formula is C8H10O2. The normalized spacial score (nSPS) is 14.0. The molecule has 1 rings (SSSR count). The lowest BCUT2D eigenvalue weighted by Crippen LogP contribution is -1.92. The van der Waals surface area contributed by atoms with Crippen LogP contribution in [0.4, 0.5) is 0 Å². The fraction of sp³-hybridized carbons (Fsp3) is 0.250. The third-order valence-corrected chi connectivity index (χ3v) is 1.27. The van der Waals surface area contributed by atoms with E-state index < -0.39 is 0 Å². The molecule has 0 saturated heterocycles. The summed E-state index contributed by atoms with van der Waals surface area (Å²) in [5.74, 6) is 0.560. The molecule has 0 aromatic heterocycles. The van der Waals surface area contributed by atoms with Crippen LogP contribution >= 0.6 is 0 Å². The van der Waals surface area contributed by atoms with Gasteiger partial charge in [-0.2, -0.15) is 0 Å². The van der Waals surface area contributed by atoms with E-state index in [0.717, 1.165) is 5.57 Å². The summed E-state index contributed by atoms with van der Waals surface area (Å²) >= 11 is 0. The molecular weight excluding hydrogens is 128 g/mol. The van der Waals surface area contributed by atoms with E-state index in [4.69, 9.17) is 9.47 Å². The molecule has 0 unspecified atom stereocenters. The van der Waals surface area contributed by atoms with Gasteiger partial charge in [0.15, 0.2) is 0 Å². The Balaban J connectivity index is 2.81. The molecule has 2 nitrogen and oxygen atoms in total. The van der Waals surface area contributed by atoms with Crippen LogP contribution in [0.2, 0.25) is 0 Å². The number of rotatable bonds is 2. The van der Waals surface area contributed by atoms with Crippen LogP contribution in [0.15, 0.2) is 35.8 Å². The van der Waals surface area contributed by atoms with E-state index in [1.54, 1.807) is 14.2 Å². The van der Waals surface area contributed by atoms with Gasteiger partial charge < -0.3 is 9.47 Å². The van der Waals surface area contributed by atoms with Gasteiger partial charge in [-0.3, -0.25) is 0 Å². The van der Waals surface area contributed by atoms with Crippen LogP contribution in [0.1, 0.15) is 0 Å². The van der Waals surface area contributed by atoms with Crippen molar-refractivity contribution < 1.29 is 9.47 Å². The fourth-order valence-corrected chi connectivity index (χ4v) is 0.829. The highest BCUT2D eigenvalue weighted by molar-refractivity contribution is 5.40. The molecule has 0 fully saturated rings. The van der Waals surface area contributed by atoms with E-state index in [0.29, 0.717) is 5.95 Å². The second kappa shape index (κ2) is 3.11. The maximum Gasteiger partial charge on any atom is 0.286 e. The minimum absolute atomic E-state index is 0.560. The zero-order chi connectivity index (χ0) is 7.40. The van der Waals surface area contributed by atoms with Gasteiger partial charge in [-0.1, -0.05) is 12.2 Å². The predicted molar refractivity (Wildman–Crippen MR) is 39.3 cm³/mol. The quantitative estimate of drug-likeness (QED) is 0.540. The Bertz CT molecular complexity index is 179. The van der Waals surface area contributed by atoms with Gasteiger partial charge in [0, 0.05) is 0 Å². The topological polar surface area (TPSA) is 18.5 Å². The molecule has 0 heterocycles. The Morgan fingerprint density at radius 2 is 1.60 bits per heavy atom. The molecule has 1 aliphatic carbocycles. The van der Waals surface area contributed by atoms with Crippen molar-refractivity contribution in [3.05, 3.63) is 35.8 Å². The molecule has 0 spiro atoms. The molecule has 0 aliphatic heterocycles. The first-order valence-corrected chi connectivity index (χ1v) is 3.05. The van der Waals surface area contributed by atoms with Gasteiger partial charge >= 0.3 is 0 Å². The van der Waals surface area contributed by atoms with Crippen molar-refractivity contribution in [2.24, 2.45) is 0 Å². The zero-order valence-electron chi connectivity index (χ0n) is 6.13. The van der Waals surface area contributed by atoms with Gasteiger partial charge in [0.05, 0.1) is 19.8 Å². The van der Waals surface area contributed by atoms with Gasteiger partial charge in [0.25, 0.3) is 5.95 Å². The largest absolute Gasteiger partial charge is 0.468 e. The number of allylic oxidation sites excluding steroid dienone is 5. The summed E-state index contributed by atoms with van der Waals surface area (Å²) in [4.78, 5) is 0. The van der Waals surface area contributed by atoms with Crippen LogP contribution in [0.3, 0.4) is 0 Å². The Morgan fingerprint density at radius 3 is 2.00 bits per heavy atom.